The van der Waals surface area contributed by atoms with E-state index in [2.05, 4.69) is 18.7 Å². The van der Waals surface area contributed by atoms with Gasteiger partial charge in [-0.3, -0.25) is 4.79 Å². The van der Waals surface area contributed by atoms with Crippen LogP contribution in [0.3, 0.4) is 0 Å². The van der Waals surface area contributed by atoms with E-state index >= 15 is 0 Å². The molecular formula is C10H21NO2. The normalized spacial score (nSPS) is 15.5. The molecule has 0 rings (SSSR count). The van der Waals surface area contributed by atoms with Gasteiger partial charge < -0.3 is 9.64 Å². The fourth-order valence-corrected chi connectivity index (χ4v) is 1.12. The van der Waals surface area contributed by atoms with Gasteiger partial charge in [0.2, 0.25) is 0 Å². The molecule has 0 amide bonds. The molecule has 0 N–H and O–H groups in total. The lowest BCUT2D eigenvalue weighted by Gasteiger charge is -2.34. The number of nitrogens with zero attached hydrogens (tertiary/aromatic N) is 1. The van der Waals surface area contributed by atoms with Crippen molar-refractivity contribution in [3.05, 3.63) is 0 Å². The highest BCUT2D eigenvalue weighted by atomic mass is 16.5. The first kappa shape index (κ1) is 12.4. The molecule has 1 atom stereocenters. The summed E-state index contributed by atoms with van der Waals surface area (Å²) in [6.45, 7) is 6.45. The third kappa shape index (κ3) is 3.77. The van der Waals surface area contributed by atoms with Gasteiger partial charge in [0.25, 0.3) is 0 Å². The van der Waals surface area contributed by atoms with Crippen LogP contribution in [0.25, 0.3) is 0 Å². The summed E-state index contributed by atoms with van der Waals surface area (Å²) in [4.78, 5) is 13.3. The predicted molar refractivity (Wildman–Crippen MR) is 53.6 cm³/mol. The van der Waals surface area contributed by atoms with Gasteiger partial charge in [-0.15, -0.1) is 0 Å². The first-order chi connectivity index (χ1) is 5.96. The van der Waals surface area contributed by atoms with Crippen molar-refractivity contribution in [1.82, 2.24) is 4.90 Å². The Morgan fingerprint density at radius 3 is 2.23 bits per heavy atom. The summed E-state index contributed by atoms with van der Waals surface area (Å²) >= 11 is 0. The van der Waals surface area contributed by atoms with Crippen molar-refractivity contribution in [1.29, 1.82) is 0 Å². The quantitative estimate of drug-likeness (QED) is 0.613. The molecule has 0 aromatic rings. The van der Waals surface area contributed by atoms with Crippen molar-refractivity contribution in [2.75, 3.05) is 20.7 Å². The number of rotatable bonds is 5. The maximum Gasteiger partial charge on any atom is 0.307 e. The fraction of sp³-hybridized carbons (Fsp3) is 0.900. The zero-order valence-electron chi connectivity index (χ0n) is 9.39. The summed E-state index contributed by atoms with van der Waals surface area (Å²) in [5.41, 5.74) is -0.0771. The van der Waals surface area contributed by atoms with Crippen LogP contribution in [0.2, 0.25) is 0 Å². The largest absolute Gasteiger partial charge is 0.466 e. The van der Waals surface area contributed by atoms with Crippen molar-refractivity contribution >= 4 is 5.97 Å². The Morgan fingerprint density at radius 1 is 1.38 bits per heavy atom. The van der Waals surface area contributed by atoms with Gasteiger partial charge in [0.15, 0.2) is 0 Å². The highest BCUT2D eigenvalue weighted by Gasteiger charge is 2.28. The van der Waals surface area contributed by atoms with E-state index in [1.54, 1.807) is 0 Å². The van der Waals surface area contributed by atoms with Crippen LogP contribution in [0.15, 0.2) is 0 Å². The average Bonchev–Trinajstić information content (AvgIpc) is 2.04. The van der Waals surface area contributed by atoms with Crippen molar-refractivity contribution in [2.45, 2.75) is 39.2 Å². The second-order valence-electron chi connectivity index (χ2n) is 3.73. The van der Waals surface area contributed by atoms with Crippen LogP contribution in [0.5, 0.6) is 0 Å². The Hall–Kier alpha value is -0.570. The van der Waals surface area contributed by atoms with Gasteiger partial charge in [-0.05, 0) is 34.4 Å². The number of carbonyl (C=O) groups excluding carboxylic acids is 1. The van der Waals surface area contributed by atoms with Gasteiger partial charge in [0, 0.05) is 5.54 Å². The number of ether oxygens (including phenoxy) is 1. The highest BCUT2D eigenvalue weighted by Crippen LogP contribution is 2.20. The SMILES string of the molecule is CCOC(=O)C[C@@](C)(CC)N(C)C. The summed E-state index contributed by atoms with van der Waals surface area (Å²) in [5, 5.41) is 0. The van der Waals surface area contributed by atoms with Crippen LogP contribution in [-0.4, -0.2) is 37.1 Å². The minimum absolute atomic E-state index is 0.0771. The number of carbonyl (C=O) groups is 1. The lowest BCUT2D eigenvalue weighted by Crippen LogP contribution is -2.42. The van der Waals surface area contributed by atoms with Crippen LogP contribution >= 0.6 is 0 Å². The smallest absolute Gasteiger partial charge is 0.307 e. The average molecular weight is 187 g/mol. The minimum atomic E-state index is -0.111. The molecule has 3 nitrogen and oxygen atoms in total. The van der Waals surface area contributed by atoms with Gasteiger partial charge in [0.1, 0.15) is 0 Å². The molecule has 0 bridgehead atoms. The van der Waals surface area contributed by atoms with Crippen molar-refractivity contribution in [3.8, 4) is 0 Å². The molecule has 0 radical (unpaired) electrons. The molecular weight excluding hydrogens is 166 g/mol. The summed E-state index contributed by atoms with van der Waals surface area (Å²) < 4.78 is 4.92. The van der Waals surface area contributed by atoms with Gasteiger partial charge in [-0.1, -0.05) is 6.92 Å². The number of esters is 1. The zero-order chi connectivity index (χ0) is 10.5. The van der Waals surface area contributed by atoms with E-state index in [0.717, 1.165) is 6.42 Å². The van der Waals surface area contributed by atoms with E-state index in [9.17, 15) is 4.79 Å². The highest BCUT2D eigenvalue weighted by molar-refractivity contribution is 5.70. The molecule has 0 saturated heterocycles. The van der Waals surface area contributed by atoms with Gasteiger partial charge in [-0.2, -0.15) is 0 Å². The molecule has 0 saturated carbocycles. The summed E-state index contributed by atoms with van der Waals surface area (Å²) in [5.74, 6) is -0.111. The van der Waals surface area contributed by atoms with Crippen molar-refractivity contribution in [3.63, 3.8) is 0 Å². The molecule has 0 unspecified atom stereocenters. The van der Waals surface area contributed by atoms with Gasteiger partial charge >= 0.3 is 5.97 Å². The number of hydrogen-bond donors (Lipinski definition) is 0. The monoisotopic (exact) mass is 187 g/mol. The molecule has 3 heteroatoms. The van der Waals surface area contributed by atoms with E-state index < -0.39 is 0 Å². The summed E-state index contributed by atoms with van der Waals surface area (Å²) in [7, 11) is 3.98. The maximum absolute atomic E-state index is 11.3. The minimum Gasteiger partial charge on any atom is -0.466 e. The molecule has 0 aliphatic heterocycles. The maximum atomic E-state index is 11.3. The molecule has 78 valence electrons. The third-order valence-electron chi connectivity index (χ3n) is 2.67. The molecule has 0 spiro atoms. The Labute approximate surface area is 81.1 Å². The summed E-state index contributed by atoms with van der Waals surface area (Å²) in [6, 6.07) is 0. The van der Waals surface area contributed by atoms with E-state index in [1.165, 1.54) is 0 Å². The molecule has 0 aromatic carbocycles. The van der Waals surface area contributed by atoms with E-state index in [1.807, 2.05) is 21.0 Å². The molecule has 13 heavy (non-hydrogen) atoms. The van der Waals surface area contributed by atoms with Crippen LogP contribution in [-0.2, 0) is 9.53 Å². The van der Waals surface area contributed by atoms with Crippen LogP contribution in [0.4, 0.5) is 0 Å². The second kappa shape index (κ2) is 5.22. The van der Waals surface area contributed by atoms with E-state index in [4.69, 9.17) is 4.74 Å². The Bertz CT molecular complexity index is 168. The van der Waals surface area contributed by atoms with Crippen LogP contribution in [0.1, 0.15) is 33.6 Å². The molecule has 0 fully saturated rings. The second-order valence-corrected chi connectivity index (χ2v) is 3.73. The zero-order valence-corrected chi connectivity index (χ0v) is 9.39. The molecule has 0 aliphatic rings. The first-order valence-corrected chi connectivity index (χ1v) is 4.79. The molecule has 0 aliphatic carbocycles. The van der Waals surface area contributed by atoms with Crippen LogP contribution < -0.4 is 0 Å². The standard InChI is InChI=1S/C10H21NO2/c1-6-10(3,11(4)5)8-9(12)13-7-2/h6-8H2,1-5H3/t10-/m1/s1. The lowest BCUT2D eigenvalue weighted by atomic mass is 9.93. The van der Waals surface area contributed by atoms with Crippen LogP contribution in [0, 0.1) is 0 Å². The van der Waals surface area contributed by atoms with Crippen molar-refractivity contribution in [2.24, 2.45) is 0 Å². The Balaban J connectivity index is 4.19. The third-order valence-corrected chi connectivity index (χ3v) is 2.67. The first-order valence-electron chi connectivity index (χ1n) is 4.79. The number of hydrogen-bond acceptors (Lipinski definition) is 3. The Kier molecular flexibility index (Phi) is 4.99. The van der Waals surface area contributed by atoms with E-state index in [0.29, 0.717) is 13.0 Å². The summed E-state index contributed by atoms with van der Waals surface area (Å²) in [6.07, 6.45) is 1.41. The molecule has 0 heterocycles. The topological polar surface area (TPSA) is 29.5 Å². The predicted octanol–water partition coefficient (Wildman–Crippen LogP) is 1.67. The van der Waals surface area contributed by atoms with Gasteiger partial charge in [0.05, 0.1) is 13.0 Å². The molecule has 0 aromatic heterocycles. The fourth-order valence-electron chi connectivity index (χ4n) is 1.12. The van der Waals surface area contributed by atoms with E-state index in [-0.39, 0.29) is 11.5 Å². The van der Waals surface area contributed by atoms with Crippen molar-refractivity contribution < 1.29 is 9.53 Å². The lowest BCUT2D eigenvalue weighted by molar-refractivity contribution is -0.146. The van der Waals surface area contributed by atoms with Gasteiger partial charge in [-0.25, -0.2) is 0 Å². The Morgan fingerprint density at radius 2 is 1.92 bits per heavy atom.